The maximum absolute atomic E-state index is 3.29. The Kier molecular flexibility index (Phi) is 16.3. The summed E-state index contributed by atoms with van der Waals surface area (Å²) in [7, 11) is -9.24. The van der Waals surface area contributed by atoms with E-state index in [1.165, 1.54) is 177 Å². The normalized spacial score (nSPS) is 12.6. The minimum absolute atomic E-state index is 1.13. The van der Waals surface area contributed by atoms with Crippen LogP contribution in [0.3, 0.4) is 0 Å². The molecule has 8 heterocycles. The van der Waals surface area contributed by atoms with Crippen LogP contribution in [0, 0.1) is 0 Å². The standard InChI is InChI=1S/C126H82N6Si3/c1-9-35-85(36-10-1)133(86-37-11-2-12-38-86,87-39-13-3-14-40-87)94-72-76-112-106(80-94)103-57-33-65-119-125(103)130(112)115-61-29-53-99-97-51-25-27-59-109(97)127(121(99)115)117-63-31-55-101-105-79-84(69-75-111(105)129(119)123(101)117)83-67-70-93(71-68-83)135(91-47-21-7-22-48-91,92-49-23-8-24-50-92)96-74-78-114-108(82-96)102-56-32-64-118-124(102)132(114)120-66-34-58-104-107-81-95(134(88-41-15-4-16-42-88,89-43-17-5-18-44-89)90-45-19-6-20-46-90)73-77-113(107)131(126(104)120)116-62-30-54-100-98-52-26-28-60-110(98)128(118)122(100)116/h1-82H. The van der Waals surface area contributed by atoms with Crippen LogP contribution in [0.25, 0.3) is 175 Å². The lowest BCUT2D eigenvalue weighted by Gasteiger charge is -2.34. The van der Waals surface area contributed by atoms with Gasteiger partial charge in [-0.25, -0.2) is 0 Å². The number of hydrogen-bond acceptors (Lipinski definition) is 0. The van der Waals surface area contributed by atoms with Gasteiger partial charge in [0.05, 0.1) is 99.3 Å². The van der Waals surface area contributed by atoms with E-state index in [2.05, 4.69) is 524 Å². The Morgan fingerprint density at radius 3 is 0.526 bits per heavy atom. The van der Waals surface area contributed by atoms with Crippen molar-refractivity contribution < 1.29 is 0 Å². The third-order valence-electron chi connectivity index (χ3n) is 30.5. The maximum atomic E-state index is 2.64. The minimum atomic E-state index is -3.29. The number of rotatable bonds is 13. The molecule has 0 unspecified atom stereocenters. The van der Waals surface area contributed by atoms with Gasteiger partial charge in [0.25, 0.3) is 0 Å². The maximum Gasteiger partial charge on any atom is 0.179 e. The second-order valence-corrected chi connectivity index (χ2v) is 48.2. The zero-order valence-electron chi connectivity index (χ0n) is 73.5. The average molecular weight is 1760 g/mol. The molecule has 628 valence electrons. The van der Waals surface area contributed by atoms with Crippen molar-refractivity contribution in [3.05, 3.63) is 497 Å². The predicted molar refractivity (Wildman–Crippen MR) is 579 cm³/mol. The van der Waals surface area contributed by atoms with E-state index in [4.69, 9.17) is 0 Å². The fraction of sp³-hybridized carbons (Fsp3) is 0. The number of para-hydroxylation sites is 8. The summed E-state index contributed by atoms with van der Waals surface area (Å²) >= 11 is 0. The first-order valence-corrected chi connectivity index (χ1v) is 53.0. The zero-order valence-corrected chi connectivity index (χ0v) is 76.5. The van der Waals surface area contributed by atoms with Gasteiger partial charge in [-0.05, 0) is 152 Å². The molecular formula is C126H82N6Si3. The number of benzene rings is 21. The highest BCUT2D eigenvalue weighted by molar-refractivity contribution is 7.21. The van der Waals surface area contributed by atoms with E-state index in [1.54, 1.807) is 0 Å². The summed E-state index contributed by atoms with van der Waals surface area (Å²) < 4.78 is 15.7. The van der Waals surface area contributed by atoms with Crippen molar-refractivity contribution in [2.45, 2.75) is 0 Å². The van der Waals surface area contributed by atoms with Crippen molar-refractivity contribution >= 4 is 250 Å². The molecule has 135 heavy (non-hydrogen) atoms. The van der Waals surface area contributed by atoms with Gasteiger partial charge in [-0.1, -0.05) is 419 Å². The molecule has 21 aromatic carbocycles. The van der Waals surface area contributed by atoms with Gasteiger partial charge in [-0.2, -0.15) is 0 Å². The van der Waals surface area contributed by atoms with Crippen LogP contribution in [0.4, 0.5) is 0 Å². The summed E-state index contributed by atoms with van der Waals surface area (Å²) in [5.41, 5.74) is 23.1. The van der Waals surface area contributed by atoms with Crippen molar-refractivity contribution in [3.8, 4) is 11.1 Å². The van der Waals surface area contributed by atoms with E-state index in [-0.39, 0.29) is 0 Å². The monoisotopic (exact) mass is 1760 g/mol. The average Bonchev–Trinajstić information content (AvgIpc) is 1.52. The number of aromatic nitrogens is 6. The van der Waals surface area contributed by atoms with Crippen LogP contribution in [0.15, 0.2) is 497 Å². The molecule has 29 rings (SSSR count). The van der Waals surface area contributed by atoms with E-state index >= 15 is 0 Å². The van der Waals surface area contributed by atoms with Crippen molar-refractivity contribution in [1.82, 2.24) is 26.4 Å². The molecule has 0 aliphatic heterocycles. The van der Waals surface area contributed by atoms with E-state index in [1.807, 2.05) is 0 Å². The summed E-state index contributed by atoms with van der Waals surface area (Å²) in [4.78, 5) is 0. The van der Waals surface area contributed by atoms with E-state index in [0.29, 0.717) is 0 Å². The second kappa shape index (κ2) is 29.0. The summed E-state index contributed by atoms with van der Waals surface area (Å²) in [5, 5.41) is 30.6. The van der Waals surface area contributed by atoms with Gasteiger partial charge in [0.15, 0.2) is 24.2 Å². The Hall–Kier alpha value is -16.9. The van der Waals surface area contributed by atoms with Crippen LogP contribution >= 0.6 is 0 Å². The van der Waals surface area contributed by atoms with Crippen LogP contribution in [-0.4, -0.2) is 50.6 Å². The van der Waals surface area contributed by atoms with E-state index < -0.39 is 24.2 Å². The second-order valence-electron chi connectivity index (χ2n) is 36.8. The molecule has 0 bridgehead atoms. The quantitative estimate of drug-likeness (QED) is 0.0813. The fourth-order valence-corrected chi connectivity index (χ4v) is 39.4. The Morgan fingerprint density at radius 2 is 0.274 bits per heavy atom. The highest BCUT2D eigenvalue weighted by Gasteiger charge is 2.46. The molecule has 8 aromatic heterocycles. The lowest BCUT2D eigenvalue weighted by molar-refractivity contribution is 1.31. The predicted octanol–water partition coefficient (Wildman–Crippen LogP) is 22.8. The molecule has 0 radical (unpaired) electrons. The lowest BCUT2D eigenvalue weighted by atomic mass is 10.0. The molecule has 0 amide bonds. The highest BCUT2D eigenvalue weighted by Crippen LogP contribution is 2.46. The number of nitrogens with zero attached hydrogens (tertiary/aromatic N) is 6. The van der Waals surface area contributed by atoms with Crippen molar-refractivity contribution in [3.63, 3.8) is 0 Å². The van der Waals surface area contributed by atoms with Crippen molar-refractivity contribution in [2.75, 3.05) is 0 Å². The van der Waals surface area contributed by atoms with Crippen LogP contribution in [0.5, 0.6) is 0 Å². The van der Waals surface area contributed by atoms with Crippen LogP contribution in [0.2, 0.25) is 0 Å². The molecular weight excluding hydrogens is 1680 g/mol. The summed E-state index contributed by atoms with van der Waals surface area (Å²) in [6.07, 6.45) is 0. The zero-order chi connectivity index (χ0) is 88.4. The highest BCUT2D eigenvalue weighted by atomic mass is 28.3. The SMILES string of the molecule is c1ccc([Si](c2ccccc2)(c2ccccc2)c2ccc3c(c2)c2cccc4c2n3c2cccc3c5ccccc5n(c5cccc6c7cc(-c8ccc([Si](c9ccccc9)(c9ccccc9)c9ccc%10c(c9)c9cccc%11c9n%10c9cccc%10c%12cc([Si](c%13ccccc%13)(c%13ccccc%13)c%13ccccc%13)ccc%12n(c%12cccc%13c%14ccccc%14n%11c%13%12)c%109)cc8)ccc7n4c65)c32)cc1. The first kappa shape index (κ1) is 75.8. The minimum Gasteiger partial charge on any atom is -0.305 e. The van der Waals surface area contributed by atoms with Gasteiger partial charge in [0.2, 0.25) is 0 Å². The molecule has 0 aliphatic rings. The van der Waals surface area contributed by atoms with Crippen molar-refractivity contribution in [1.29, 1.82) is 0 Å². The molecule has 0 fully saturated rings. The van der Waals surface area contributed by atoms with Gasteiger partial charge >= 0.3 is 0 Å². The Labute approximate surface area is 779 Å². The first-order chi connectivity index (χ1) is 67.0. The van der Waals surface area contributed by atoms with Crippen LogP contribution < -0.4 is 62.2 Å². The van der Waals surface area contributed by atoms with Gasteiger partial charge in [0.1, 0.15) is 0 Å². The van der Waals surface area contributed by atoms with Crippen LogP contribution in [-0.2, 0) is 0 Å². The molecule has 0 spiro atoms. The topological polar surface area (TPSA) is 26.5 Å². The third-order valence-corrected chi connectivity index (χ3v) is 44.8. The largest absolute Gasteiger partial charge is 0.305 e. The van der Waals surface area contributed by atoms with Gasteiger partial charge < -0.3 is 26.4 Å². The molecule has 9 heteroatoms. The van der Waals surface area contributed by atoms with E-state index in [9.17, 15) is 0 Å². The molecule has 0 aliphatic carbocycles. The Balaban J connectivity index is 0.655. The van der Waals surface area contributed by atoms with Crippen molar-refractivity contribution in [2.24, 2.45) is 0 Å². The van der Waals surface area contributed by atoms with Gasteiger partial charge in [-0.3, -0.25) is 0 Å². The molecule has 29 aromatic rings. The third kappa shape index (κ3) is 10.3. The smallest absolute Gasteiger partial charge is 0.179 e. The molecule has 0 N–H and O–H groups in total. The summed E-state index contributed by atoms with van der Waals surface area (Å²) in [6.45, 7) is 0. The molecule has 0 saturated heterocycles. The Bertz CT molecular complexity index is 9750. The van der Waals surface area contributed by atoms with Gasteiger partial charge in [0, 0.05) is 64.6 Å². The van der Waals surface area contributed by atoms with E-state index in [0.717, 1.165) is 60.8 Å². The lowest BCUT2D eigenvalue weighted by Crippen LogP contribution is -2.74. The number of hydrogen-bond donors (Lipinski definition) is 0. The summed E-state index contributed by atoms with van der Waals surface area (Å²) in [6, 6.07) is 191. The Morgan fingerprint density at radius 1 is 0.104 bits per heavy atom. The first-order valence-electron chi connectivity index (χ1n) is 47.0. The van der Waals surface area contributed by atoms with Gasteiger partial charge in [-0.15, -0.1) is 0 Å². The van der Waals surface area contributed by atoms with Crippen LogP contribution in [0.1, 0.15) is 0 Å². The molecule has 6 nitrogen and oxygen atoms in total. The summed E-state index contributed by atoms with van der Waals surface area (Å²) in [5.74, 6) is 0. The molecule has 0 atom stereocenters. The fourth-order valence-electron chi connectivity index (χ4n) is 25.1. The number of fused-ring (bicyclic) bond motifs is 24. The molecule has 0 saturated carbocycles.